The molecule has 1 aromatic heterocycles. The molecular formula is C9H13OPS. The largest absolute Gasteiger partial charge is 0.268 e. The van der Waals surface area contributed by atoms with Crippen LogP contribution in [0.2, 0.25) is 0 Å². The lowest BCUT2D eigenvalue weighted by Crippen LogP contribution is -1.81. The smallest absolute Gasteiger partial charge is 0.203 e. The van der Waals surface area contributed by atoms with Gasteiger partial charge in [0.15, 0.2) is 0 Å². The number of hydrogen-bond acceptors (Lipinski definition) is 2. The van der Waals surface area contributed by atoms with Crippen LogP contribution >= 0.6 is 19.8 Å². The van der Waals surface area contributed by atoms with Crippen molar-refractivity contribution in [3.8, 4) is 0 Å². The SMILES string of the molecule is CCCCc1sc(P=O)cc1C. The standard InChI is InChI=1S/C9H13OPS/c1-3-4-5-8-7(2)6-9(11-10)12-8/h6H,3-5H2,1-2H3. The van der Waals surface area contributed by atoms with Crippen LogP contribution in [-0.2, 0) is 11.0 Å². The van der Waals surface area contributed by atoms with Crippen molar-refractivity contribution in [2.24, 2.45) is 0 Å². The molecule has 66 valence electrons. The summed E-state index contributed by atoms with van der Waals surface area (Å²) in [6.45, 7) is 4.28. The molecule has 0 aliphatic heterocycles. The second kappa shape index (κ2) is 4.74. The van der Waals surface area contributed by atoms with Gasteiger partial charge in [-0.05, 0) is 31.4 Å². The molecule has 0 amide bonds. The Bertz CT molecular complexity index is 267. The molecule has 0 fully saturated rings. The van der Waals surface area contributed by atoms with E-state index in [1.54, 1.807) is 11.3 Å². The van der Waals surface area contributed by atoms with E-state index in [1.165, 1.54) is 23.3 Å². The van der Waals surface area contributed by atoms with E-state index >= 15 is 0 Å². The van der Waals surface area contributed by atoms with Crippen molar-refractivity contribution in [3.63, 3.8) is 0 Å². The Hall–Kier alpha value is -0.200. The Morgan fingerprint density at radius 2 is 2.33 bits per heavy atom. The summed E-state index contributed by atoms with van der Waals surface area (Å²) in [6.07, 6.45) is 3.60. The van der Waals surface area contributed by atoms with Crippen LogP contribution in [0.25, 0.3) is 0 Å². The first-order valence-corrected chi connectivity index (χ1v) is 5.83. The maximum atomic E-state index is 10.6. The lowest BCUT2D eigenvalue weighted by atomic mass is 10.2. The zero-order chi connectivity index (χ0) is 8.97. The van der Waals surface area contributed by atoms with Crippen molar-refractivity contribution in [1.29, 1.82) is 0 Å². The van der Waals surface area contributed by atoms with Crippen molar-refractivity contribution in [1.82, 2.24) is 0 Å². The third kappa shape index (κ3) is 2.40. The summed E-state index contributed by atoms with van der Waals surface area (Å²) in [4.78, 5) is 1.40. The Kier molecular flexibility index (Phi) is 3.90. The summed E-state index contributed by atoms with van der Waals surface area (Å²) >= 11 is 1.67. The van der Waals surface area contributed by atoms with Crippen molar-refractivity contribution in [2.75, 3.05) is 0 Å². The third-order valence-corrected chi connectivity index (χ3v) is 3.76. The van der Waals surface area contributed by atoms with E-state index in [4.69, 9.17) is 0 Å². The quantitative estimate of drug-likeness (QED) is 0.681. The fourth-order valence-electron chi connectivity index (χ4n) is 1.13. The number of rotatable bonds is 4. The molecule has 0 aliphatic carbocycles. The average Bonchev–Trinajstić information content (AvgIpc) is 2.43. The van der Waals surface area contributed by atoms with Gasteiger partial charge < -0.3 is 0 Å². The molecule has 3 heteroatoms. The zero-order valence-electron chi connectivity index (χ0n) is 7.46. The van der Waals surface area contributed by atoms with E-state index in [9.17, 15) is 4.57 Å². The van der Waals surface area contributed by atoms with Crippen LogP contribution in [0.15, 0.2) is 6.07 Å². The van der Waals surface area contributed by atoms with Gasteiger partial charge in [-0.15, -0.1) is 11.3 Å². The van der Waals surface area contributed by atoms with Crippen molar-refractivity contribution in [3.05, 3.63) is 16.5 Å². The van der Waals surface area contributed by atoms with E-state index in [2.05, 4.69) is 13.8 Å². The molecule has 0 unspecified atom stereocenters. The average molecular weight is 200 g/mol. The molecule has 1 heterocycles. The molecule has 1 aromatic rings. The third-order valence-electron chi connectivity index (χ3n) is 1.85. The maximum absolute atomic E-state index is 10.6. The highest BCUT2D eigenvalue weighted by molar-refractivity contribution is 7.47. The van der Waals surface area contributed by atoms with Gasteiger partial charge in [-0.3, -0.25) is 4.57 Å². The second-order valence-electron chi connectivity index (χ2n) is 2.89. The van der Waals surface area contributed by atoms with Gasteiger partial charge in [-0.1, -0.05) is 13.3 Å². The number of aryl methyl sites for hydroxylation is 2. The van der Waals surface area contributed by atoms with Crippen LogP contribution in [0.5, 0.6) is 0 Å². The summed E-state index contributed by atoms with van der Waals surface area (Å²) < 4.78 is 11.5. The van der Waals surface area contributed by atoms with Crippen molar-refractivity contribution < 1.29 is 4.57 Å². The number of hydrogen-bond donors (Lipinski definition) is 0. The number of unbranched alkanes of at least 4 members (excludes halogenated alkanes) is 1. The van der Waals surface area contributed by atoms with Gasteiger partial charge in [0.25, 0.3) is 0 Å². The first-order chi connectivity index (χ1) is 5.77. The van der Waals surface area contributed by atoms with Gasteiger partial charge in [0.05, 0.1) is 4.62 Å². The topological polar surface area (TPSA) is 17.1 Å². The van der Waals surface area contributed by atoms with Crippen LogP contribution < -0.4 is 4.62 Å². The lowest BCUT2D eigenvalue weighted by Gasteiger charge is -1.95. The molecule has 0 aliphatic rings. The zero-order valence-corrected chi connectivity index (χ0v) is 9.17. The highest BCUT2D eigenvalue weighted by atomic mass is 32.1. The molecule has 12 heavy (non-hydrogen) atoms. The van der Waals surface area contributed by atoms with Crippen LogP contribution in [0.1, 0.15) is 30.2 Å². The minimum absolute atomic E-state index is 0.163. The summed E-state index contributed by atoms with van der Waals surface area (Å²) in [5, 5.41) is 0. The number of thiophene rings is 1. The predicted octanol–water partition coefficient (Wildman–Crippen LogP) is 3.32. The predicted molar refractivity (Wildman–Crippen MR) is 54.9 cm³/mol. The molecule has 0 bridgehead atoms. The fourth-order valence-corrected chi connectivity index (χ4v) is 2.81. The highest BCUT2D eigenvalue weighted by Crippen LogP contribution is 2.19. The summed E-state index contributed by atoms with van der Waals surface area (Å²) in [5.74, 6) is 0. The summed E-state index contributed by atoms with van der Waals surface area (Å²) in [6, 6.07) is 2.02. The molecule has 0 saturated heterocycles. The molecule has 0 N–H and O–H groups in total. The molecule has 0 saturated carbocycles. The van der Waals surface area contributed by atoms with Crippen molar-refractivity contribution in [2.45, 2.75) is 33.1 Å². The van der Waals surface area contributed by atoms with Gasteiger partial charge >= 0.3 is 0 Å². The normalized spacial score (nSPS) is 10.8. The van der Waals surface area contributed by atoms with Crippen LogP contribution in [-0.4, -0.2) is 0 Å². The van der Waals surface area contributed by atoms with Crippen LogP contribution in [0.4, 0.5) is 0 Å². The molecule has 0 spiro atoms. The van der Waals surface area contributed by atoms with E-state index in [1.807, 2.05) is 6.07 Å². The van der Waals surface area contributed by atoms with Crippen LogP contribution in [0, 0.1) is 6.92 Å². The molecular weight excluding hydrogens is 187 g/mol. The van der Waals surface area contributed by atoms with Gasteiger partial charge in [0, 0.05) is 4.88 Å². The van der Waals surface area contributed by atoms with E-state index < -0.39 is 0 Å². The maximum Gasteiger partial charge on any atom is 0.203 e. The molecule has 0 aromatic carbocycles. The van der Waals surface area contributed by atoms with Gasteiger partial charge in [0.2, 0.25) is 8.46 Å². The van der Waals surface area contributed by atoms with E-state index in [0.29, 0.717) is 0 Å². The van der Waals surface area contributed by atoms with E-state index in [-0.39, 0.29) is 8.46 Å². The molecule has 0 radical (unpaired) electrons. The fraction of sp³-hybridized carbons (Fsp3) is 0.556. The van der Waals surface area contributed by atoms with Crippen molar-refractivity contribution >= 4 is 24.4 Å². The van der Waals surface area contributed by atoms with Gasteiger partial charge in [-0.25, -0.2) is 0 Å². The minimum atomic E-state index is 0.163. The first kappa shape index (κ1) is 9.88. The van der Waals surface area contributed by atoms with Crippen LogP contribution in [0.3, 0.4) is 0 Å². The summed E-state index contributed by atoms with van der Waals surface area (Å²) in [7, 11) is 0.163. The lowest BCUT2D eigenvalue weighted by molar-refractivity contribution is 0.603. The molecule has 1 rings (SSSR count). The Labute approximate surface area is 79.0 Å². The molecule has 0 atom stereocenters. The Morgan fingerprint density at radius 1 is 1.58 bits per heavy atom. The highest BCUT2D eigenvalue weighted by Gasteiger charge is 2.04. The van der Waals surface area contributed by atoms with E-state index in [0.717, 1.165) is 11.0 Å². The first-order valence-electron chi connectivity index (χ1n) is 4.20. The monoisotopic (exact) mass is 200 g/mol. The Morgan fingerprint density at radius 3 is 2.83 bits per heavy atom. The van der Waals surface area contributed by atoms with Gasteiger partial charge in [-0.2, -0.15) is 0 Å². The van der Waals surface area contributed by atoms with Gasteiger partial charge in [0.1, 0.15) is 0 Å². The summed E-state index contributed by atoms with van der Waals surface area (Å²) in [5.41, 5.74) is 1.30. The Balaban J connectivity index is 2.70. The second-order valence-corrected chi connectivity index (χ2v) is 4.99. The molecule has 1 nitrogen and oxygen atoms in total. The minimum Gasteiger partial charge on any atom is -0.268 e.